The van der Waals surface area contributed by atoms with Crippen molar-refractivity contribution < 1.29 is 22.1 Å². The Balaban J connectivity index is 2.35. The number of halogens is 1. The van der Waals surface area contributed by atoms with Gasteiger partial charge in [-0.25, -0.2) is 0 Å². The summed E-state index contributed by atoms with van der Waals surface area (Å²) in [5.74, 6) is 0.129. The van der Waals surface area contributed by atoms with E-state index in [1.165, 1.54) is 14.0 Å². The quantitative estimate of drug-likeness (QED) is 0.537. The van der Waals surface area contributed by atoms with Crippen LogP contribution in [0.3, 0.4) is 0 Å². The van der Waals surface area contributed by atoms with Gasteiger partial charge >= 0.3 is 10.1 Å². The third-order valence-corrected chi connectivity index (χ3v) is 6.02. The van der Waals surface area contributed by atoms with Gasteiger partial charge in [-0.2, -0.15) is 8.42 Å². The Bertz CT molecular complexity index is 944. The van der Waals surface area contributed by atoms with Crippen molar-refractivity contribution in [3.05, 3.63) is 58.6 Å². The topological polar surface area (TPSA) is 72.9 Å². The van der Waals surface area contributed by atoms with Crippen LogP contribution in [0.1, 0.15) is 43.1 Å². The molecule has 0 radical (unpaired) electrons. The number of carbonyl (C=O) groups excluding carboxylic acids is 1. The largest absolute Gasteiger partial charge is 0.493 e. The number of hydrogen-bond acceptors (Lipinski definition) is 5. The number of carbonyl (C=O) groups is 1. The summed E-state index contributed by atoms with van der Waals surface area (Å²) < 4.78 is 34.2. The third-order valence-electron chi connectivity index (χ3n) is 4.63. The first kappa shape index (κ1) is 23.0. The van der Waals surface area contributed by atoms with E-state index in [0.717, 1.165) is 12.0 Å². The molecule has 0 aliphatic rings. The summed E-state index contributed by atoms with van der Waals surface area (Å²) in [6.45, 7) is 5.77. The Morgan fingerprint density at radius 3 is 2.31 bits per heavy atom. The second-order valence-electron chi connectivity index (χ2n) is 6.61. The van der Waals surface area contributed by atoms with E-state index in [1.54, 1.807) is 47.4 Å². The van der Waals surface area contributed by atoms with Gasteiger partial charge in [0.15, 0.2) is 11.5 Å². The molecule has 0 spiro atoms. The maximum atomic E-state index is 13.1. The van der Waals surface area contributed by atoms with E-state index in [9.17, 15) is 13.2 Å². The van der Waals surface area contributed by atoms with E-state index in [4.69, 9.17) is 20.5 Å². The molecule has 1 atom stereocenters. The molecule has 0 aliphatic carbocycles. The Kier molecular flexibility index (Phi) is 7.93. The zero-order chi connectivity index (χ0) is 21.6. The molecule has 158 valence electrons. The fourth-order valence-corrected chi connectivity index (χ4v) is 3.33. The molecule has 2 aromatic carbocycles. The van der Waals surface area contributed by atoms with Crippen molar-refractivity contribution in [2.75, 3.05) is 12.9 Å². The van der Waals surface area contributed by atoms with Crippen molar-refractivity contribution in [3.63, 3.8) is 0 Å². The normalized spacial score (nSPS) is 12.3. The molecule has 29 heavy (non-hydrogen) atoms. The van der Waals surface area contributed by atoms with E-state index >= 15 is 0 Å². The maximum Gasteiger partial charge on any atom is 0.309 e. The number of rotatable bonds is 9. The van der Waals surface area contributed by atoms with Crippen LogP contribution in [0.15, 0.2) is 42.5 Å². The van der Waals surface area contributed by atoms with Crippen LogP contribution in [0.4, 0.5) is 0 Å². The first-order chi connectivity index (χ1) is 13.7. The average molecular weight is 440 g/mol. The Morgan fingerprint density at radius 1 is 1.10 bits per heavy atom. The molecule has 0 aromatic heterocycles. The molecule has 0 saturated heterocycles. The SMILES string of the molecule is CCC(C)N(Cc1ccc(OC)c(OS(=O)(=O)CC)c1)C(=O)c1ccc(Cl)cc1. The smallest absolute Gasteiger partial charge is 0.309 e. The van der Waals surface area contributed by atoms with Gasteiger partial charge in [0.1, 0.15) is 0 Å². The minimum atomic E-state index is -3.71. The lowest BCUT2D eigenvalue weighted by atomic mass is 10.1. The van der Waals surface area contributed by atoms with Crippen LogP contribution < -0.4 is 8.92 Å². The number of amides is 1. The fourth-order valence-electron chi connectivity index (χ4n) is 2.68. The zero-order valence-electron chi connectivity index (χ0n) is 17.0. The molecule has 2 rings (SSSR count). The molecule has 0 fully saturated rings. The van der Waals surface area contributed by atoms with E-state index in [-0.39, 0.29) is 23.5 Å². The number of methoxy groups -OCH3 is 1. The maximum absolute atomic E-state index is 13.1. The summed E-state index contributed by atoms with van der Waals surface area (Å²) in [4.78, 5) is 14.8. The highest BCUT2D eigenvalue weighted by molar-refractivity contribution is 7.87. The molecular weight excluding hydrogens is 414 g/mol. The molecule has 1 unspecified atom stereocenters. The molecular formula is C21H26ClNO5S. The lowest BCUT2D eigenvalue weighted by Crippen LogP contribution is -2.37. The summed E-state index contributed by atoms with van der Waals surface area (Å²) in [7, 11) is -2.27. The van der Waals surface area contributed by atoms with E-state index in [0.29, 0.717) is 22.9 Å². The van der Waals surface area contributed by atoms with Gasteiger partial charge in [0, 0.05) is 23.2 Å². The first-order valence-electron chi connectivity index (χ1n) is 9.36. The van der Waals surface area contributed by atoms with Crippen molar-refractivity contribution >= 4 is 27.6 Å². The van der Waals surface area contributed by atoms with Gasteiger partial charge in [0.2, 0.25) is 0 Å². The molecule has 0 bridgehead atoms. The van der Waals surface area contributed by atoms with Crippen molar-refractivity contribution in [1.29, 1.82) is 0 Å². The molecule has 8 heteroatoms. The van der Waals surface area contributed by atoms with Crippen molar-refractivity contribution in [3.8, 4) is 11.5 Å². The second-order valence-corrected chi connectivity index (χ2v) is 8.91. The van der Waals surface area contributed by atoms with Gasteiger partial charge in [0.25, 0.3) is 5.91 Å². The van der Waals surface area contributed by atoms with Crippen molar-refractivity contribution in [1.82, 2.24) is 4.90 Å². The van der Waals surface area contributed by atoms with Gasteiger partial charge in [-0.15, -0.1) is 0 Å². The average Bonchev–Trinajstić information content (AvgIpc) is 2.71. The molecule has 0 saturated carbocycles. The summed E-state index contributed by atoms with van der Waals surface area (Å²) in [6.07, 6.45) is 0.767. The van der Waals surface area contributed by atoms with Gasteiger partial charge in [-0.05, 0) is 62.2 Å². The molecule has 6 nitrogen and oxygen atoms in total. The van der Waals surface area contributed by atoms with E-state index in [2.05, 4.69) is 0 Å². The summed E-state index contributed by atoms with van der Waals surface area (Å²) >= 11 is 5.93. The summed E-state index contributed by atoms with van der Waals surface area (Å²) in [5, 5.41) is 0.561. The van der Waals surface area contributed by atoms with Crippen molar-refractivity contribution in [2.45, 2.75) is 39.8 Å². The van der Waals surface area contributed by atoms with Gasteiger partial charge in [-0.1, -0.05) is 24.6 Å². The zero-order valence-corrected chi connectivity index (χ0v) is 18.6. The van der Waals surface area contributed by atoms with Crippen LogP contribution in [-0.2, 0) is 16.7 Å². The highest BCUT2D eigenvalue weighted by Gasteiger charge is 2.22. The van der Waals surface area contributed by atoms with Crippen LogP contribution in [0, 0.1) is 0 Å². The minimum absolute atomic E-state index is 0.0241. The predicted octanol–water partition coefficient (Wildman–Crippen LogP) is 4.52. The fraction of sp³-hybridized carbons (Fsp3) is 0.381. The highest BCUT2D eigenvalue weighted by atomic mass is 35.5. The third kappa shape index (κ3) is 6.11. The van der Waals surface area contributed by atoms with Crippen LogP contribution in [0.25, 0.3) is 0 Å². The highest BCUT2D eigenvalue weighted by Crippen LogP contribution is 2.30. The Hall–Kier alpha value is -2.25. The van der Waals surface area contributed by atoms with Gasteiger partial charge in [0.05, 0.1) is 12.9 Å². The molecule has 0 heterocycles. The number of benzene rings is 2. The minimum Gasteiger partial charge on any atom is -0.493 e. The number of nitrogens with zero attached hydrogens (tertiary/aromatic N) is 1. The second kappa shape index (κ2) is 9.98. The molecule has 0 N–H and O–H groups in total. The Labute approximate surface area is 177 Å². The monoisotopic (exact) mass is 439 g/mol. The lowest BCUT2D eigenvalue weighted by Gasteiger charge is -2.29. The van der Waals surface area contributed by atoms with E-state index in [1.807, 2.05) is 13.8 Å². The molecule has 1 amide bonds. The Morgan fingerprint density at radius 2 is 1.76 bits per heavy atom. The van der Waals surface area contributed by atoms with Crippen LogP contribution in [-0.4, -0.2) is 38.1 Å². The van der Waals surface area contributed by atoms with E-state index < -0.39 is 10.1 Å². The van der Waals surface area contributed by atoms with Gasteiger partial charge in [-0.3, -0.25) is 4.79 Å². The summed E-state index contributed by atoms with van der Waals surface area (Å²) in [6, 6.07) is 11.7. The number of ether oxygens (including phenoxy) is 1. The molecule has 2 aromatic rings. The standard InChI is InChI=1S/C21H26ClNO5S/c1-5-15(3)23(21(24)17-8-10-18(22)11-9-17)14-16-7-12-19(27-4)20(13-16)28-29(25,26)6-2/h7-13,15H,5-6,14H2,1-4H3. The summed E-state index contributed by atoms with van der Waals surface area (Å²) in [5.41, 5.74) is 1.27. The lowest BCUT2D eigenvalue weighted by molar-refractivity contribution is 0.0671. The predicted molar refractivity (Wildman–Crippen MR) is 114 cm³/mol. The molecule has 0 aliphatic heterocycles. The number of hydrogen-bond donors (Lipinski definition) is 0. The van der Waals surface area contributed by atoms with Crippen LogP contribution >= 0.6 is 11.6 Å². The van der Waals surface area contributed by atoms with Gasteiger partial charge < -0.3 is 13.8 Å². The van der Waals surface area contributed by atoms with Crippen LogP contribution in [0.5, 0.6) is 11.5 Å². The van der Waals surface area contributed by atoms with Crippen LogP contribution in [0.2, 0.25) is 5.02 Å². The first-order valence-corrected chi connectivity index (χ1v) is 11.3. The van der Waals surface area contributed by atoms with Crippen molar-refractivity contribution in [2.24, 2.45) is 0 Å².